The summed E-state index contributed by atoms with van der Waals surface area (Å²) in [5.41, 5.74) is 1.62. The van der Waals surface area contributed by atoms with Gasteiger partial charge in [0.1, 0.15) is 0 Å². The number of benzene rings is 1. The van der Waals surface area contributed by atoms with Crippen LogP contribution in [0.1, 0.15) is 90.2 Å². The van der Waals surface area contributed by atoms with Crippen LogP contribution in [0.2, 0.25) is 0 Å². The highest BCUT2D eigenvalue weighted by atomic mass is 31.2. The lowest BCUT2D eigenvalue weighted by atomic mass is 10.1. The van der Waals surface area contributed by atoms with Gasteiger partial charge in [-0.05, 0) is 36.8 Å². The van der Waals surface area contributed by atoms with Gasteiger partial charge in [0, 0.05) is 0 Å². The van der Waals surface area contributed by atoms with E-state index in [0.29, 0.717) is 26.4 Å². The summed E-state index contributed by atoms with van der Waals surface area (Å²) in [5.74, 6) is 0. The molecule has 0 bridgehead atoms. The van der Waals surface area contributed by atoms with Crippen LogP contribution in [-0.2, 0) is 39.5 Å². The molecule has 1 rings (SSSR count). The van der Waals surface area contributed by atoms with E-state index in [0.717, 1.165) is 62.5 Å². The number of unbranched alkanes of at least 4 members (excludes halogenated alkanes) is 4. The van der Waals surface area contributed by atoms with E-state index in [1.54, 1.807) is 0 Å². The van der Waals surface area contributed by atoms with E-state index in [2.05, 4.69) is 27.7 Å². The Labute approximate surface area is 195 Å². The largest absolute Gasteiger partial charge is 0.335 e. The number of rotatable bonds is 20. The van der Waals surface area contributed by atoms with Gasteiger partial charge in [-0.1, -0.05) is 77.6 Å². The lowest BCUT2D eigenvalue weighted by molar-refractivity contribution is 0.197. The molecule has 0 fully saturated rings. The fraction of sp³-hybridized carbons (Fsp3) is 0.750. The van der Waals surface area contributed by atoms with Crippen molar-refractivity contribution >= 4 is 15.2 Å². The Hall–Kier alpha value is -0.480. The molecule has 1 aromatic rings. The second-order valence-corrected chi connectivity index (χ2v) is 12.2. The molecule has 32 heavy (non-hydrogen) atoms. The van der Waals surface area contributed by atoms with Crippen LogP contribution in [0.3, 0.4) is 0 Å². The van der Waals surface area contributed by atoms with E-state index in [-0.39, 0.29) is 12.3 Å². The van der Waals surface area contributed by atoms with Crippen LogP contribution in [-0.4, -0.2) is 26.4 Å². The smallest absolute Gasteiger partial charge is 0.308 e. The zero-order valence-corrected chi connectivity index (χ0v) is 22.3. The fourth-order valence-electron chi connectivity index (χ4n) is 2.93. The summed E-state index contributed by atoms with van der Waals surface area (Å²) in [6, 6.07) is 7.58. The van der Waals surface area contributed by atoms with E-state index in [4.69, 9.17) is 18.1 Å². The molecule has 6 nitrogen and oxygen atoms in total. The maximum atomic E-state index is 13.5. The predicted octanol–water partition coefficient (Wildman–Crippen LogP) is 8.34. The lowest BCUT2D eigenvalue weighted by Gasteiger charge is -2.22. The highest BCUT2D eigenvalue weighted by Gasteiger charge is 2.30. The Bertz CT molecular complexity index is 622. The maximum absolute atomic E-state index is 13.5. The van der Waals surface area contributed by atoms with E-state index < -0.39 is 15.2 Å². The minimum atomic E-state index is -3.32. The third-order valence-corrected chi connectivity index (χ3v) is 8.75. The Morgan fingerprint density at radius 3 is 1.09 bits per heavy atom. The van der Waals surface area contributed by atoms with Gasteiger partial charge >= 0.3 is 15.2 Å². The molecule has 8 heteroatoms. The van der Waals surface area contributed by atoms with Gasteiger partial charge < -0.3 is 18.1 Å². The lowest BCUT2D eigenvalue weighted by Crippen LogP contribution is -2.06. The molecule has 0 aliphatic rings. The summed E-state index contributed by atoms with van der Waals surface area (Å²) < 4.78 is 50.1. The molecule has 0 atom stereocenters. The van der Waals surface area contributed by atoms with Gasteiger partial charge in [-0.15, -0.1) is 0 Å². The minimum Gasteiger partial charge on any atom is -0.308 e. The molecular formula is C24H44O6P2. The van der Waals surface area contributed by atoms with Gasteiger partial charge in [-0.25, -0.2) is 0 Å². The summed E-state index contributed by atoms with van der Waals surface area (Å²) in [5, 5.41) is 0. The fourth-order valence-corrected chi connectivity index (χ4v) is 6.53. The molecule has 0 N–H and O–H groups in total. The van der Waals surface area contributed by atoms with Gasteiger partial charge in [0.05, 0.1) is 38.8 Å². The first-order chi connectivity index (χ1) is 15.4. The standard InChI is InChI=1S/C24H44O6P2/c1-5-9-17-27-31(25,28-18-10-6-2)21-23-15-13-14-16-24(23)22-32(26,29-19-11-7-3)30-20-12-8-4/h13-16H,5-12,17-22H2,1-4H3. The first-order valence-corrected chi connectivity index (χ1v) is 15.7. The molecule has 0 aromatic heterocycles. The molecule has 0 aliphatic carbocycles. The van der Waals surface area contributed by atoms with Crippen molar-refractivity contribution in [2.75, 3.05) is 26.4 Å². The third-order valence-electron chi connectivity index (χ3n) is 4.99. The van der Waals surface area contributed by atoms with Crippen LogP contribution < -0.4 is 0 Å². The van der Waals surface area contributed by atoms with Crippen LogP contribution >= 0.6 is 15.2 Å². The Balaban J connectivity index is 3.03. The van der Waals surface area contributed by atoms with Crippen molar-refractivity contribution in [1.82, 2.24) is 0 Å². The first kappa shape index (κ1) is 29.6. The van der Waals surface area contributed by atoms with Crippen molar-refractivity contribution in [1.29, 1.82) is 0 Å². The summed E-state index contributed by atoms with van der Waals surface area (Å²) in [7, 11) is -6.63. The van der Waals surface area contributed by atoms with Crippen molar-refractivity contribution in [2.45, 2.75) is 91.4 Å². The third kappa shape index (κ3) is 12.1. The Morgan fingerprint density at radius 2 is 0.844 bits per heavy atom. The average molecular weight is 491 g/mol. The van der Waals surface area contributed by atoms with Gasteiger partial charge in [-0.2, -0.15) is 0 Å². The molecule has 0 saturated heterocycles. The molecule has 0 unspecified atom stereocenters. The first-order valence-electron chi connectivity index (χ1n) is 12.2. The van der Waals surface area contributed by atoms with Crippen molar-refractivity contribution in [2.24, 2.45) is 0 Å². The van der Waals surface area contributed by atoms with Gasteiger partial charge in [-0.3, -0.25) is 9.13 Å². The van der Waals surface area contributed by atoms with Crippen molar-refractivity contribution in [3.8, 4) is 0 Å². The summed E-state index contributed by atoms with van der Waals surface area (Å²) in [4.78, 5) is 0. The normalized spacial score (nSPS) is 12.4. The highest BCUT2D eigenvalue weighted by Crippen LogP contribution is 2.55. The quantitative estimate of drug-likeness (QED) is 0.135. The summed E-state index contributed by atoms with van der Waals surface area (Å²) in [6.07, 6.45) is 7.45. The topological polar surface area (TPSA) is 71.1 Å². The monoisotopic (exact) mass is 490 g/mol. The van der Waals surface area contributed by atoms with Crippen LogP contribution in [0.15, 0.2) is 24.3 Å². The van der Waals surface area contributed by atoms with Crippen LogP contribution in [0, 0.1) is 0 Å². The van der Waals surface area contributed by atoms with Crippen molar-refractivity contribution < 1.29 is 27.2 Å². The molecule has 0 aliphatic heterocycles. The molecule has 0 spiro atoms. The highest BCUT2D eigenvalue weighted by molar-refractivity contribution is 7.53. The van der Waals surface area contributed by atoms with Gasteiger partial charge in [0.25, 0.3) is 0 Å². The summed E-state index contributed by atoms with van der Waals surface area (Å²) >= 11 is 0. The maximum Gasteiger partial charge on any atom is 0.335 e. The molecule has 0 saturated carbocycles. The van der Waals surface area contributed by atoms with E-state index in [9.17, 15) is 9.13 Å². The second-order valence-electron chi connectivity index (χ2n) is 8.05. The van der Waals surface area contributed by atoms with Gasteiger partial charge in [0.2, 0.25) is 0 Å². The Kier molecular flexibility index (Phi) is 15.7. The van der Waals surface area contributed by atoms with Crippen LogP contribution in [0.4, 0.5) is 0 Å². The summed E-state index contributed by atoms with van der Waals surface area (Å²) in [6.45, 7) is 9.88. The van der Waals surface area contributed by atoms with Crippen LogP contribution in [0.25, 0.3) is 0 Å². The molecular weight excluding hydrogens is 446 g/mol. The van der Waals surface area contributed by atoms with E-state index in [1.807, 2.05) is 24.3 Å². The SMILES string of the molecule is CCCCOP(=O)(Cc1ccccc1CP(=O)(OCCCC)OCCCC)OCCCC. The van der Waals surface area contributed by atoms with Gasteiger partial charge in [0.15, 0.2) is 0 Å². The molecule has 186 valence electrons. The molecule has 0 heterocycles. The zero-order valence-electron chi connectivity index (χ0n) is 20.6. The van der Waals surface area contributed by atoms with Crippen LogP contribution in [0.5, 0.6) is 0 Å². The number of hydrogen-bond donors (Lipinski definition) is 0. The zero-order chi connectivity index (χ0) is 23.7. The van der Waals surface area contributed by atoms with Crippen molar-refractivity contribution in [3.63, 3.8) is 0 Å². The van der Waals surface area contributed by atoms with E-state index in [1.165, 1.54) is 0 Å². The molecule has 0 radical (unpaired) electrons. The average Bonchev–Trinajstić information content (AvgIpc) is 2.76. The molecule has 1 aromatic carbocycles. The number of hydrogen-bond acceptors (Lipinski definition) is 6. The second kappa shape index (κ2) is 17.0. The minimum absolute atomic E-state index is 0.153. The Morgan fingerprint density at radius 1 is 0.562 bits per heavy atom. The van der Waals surface area contributed by atoms with Crippen molar-refractivity contribution in [3.05, 3.63) is 35.4 Å². The predicted molar refractivity (Wildman–Crippen MR) is 133 cm³/mol. The molecule has 0 amide bonds. The van der Waals surface area contributed by atoms with E-state index >= 15 is 0 Å².